The minimum Gasteiger partial charge on any atom is -0.458 e. The number of ether oxygens (including phenoxy) is 1. The fourth-order valence-electron chi connectivity index (χ4n) is 10.4. The molecule has 7 aromatic carbocycles. The van der Waals surface area contributed by atoms with Crippen molar-refractivity contribution in [3.05, 3.63) is 234 Å². The van der Waals surface area contributed by atoms with Gasteiger partial charge < -0.3 is 4.74 Å². The van der Waals surface area contributed by atoms with Crippen molar-refractivity contribution in [1.29, 1.82) is 0 Å². The van der Waals surface area contributed by atoms with Crippen molar-refractivity contribution in [2.75, 3.05) is 0 Å². The molecule has 10 aromatic rings. The molecule has 0 spiro atoms. The second-order valence-electron chi connectivity index (χ2n) is 24.1. The number of rotatable bonds is 10. The molecule has 5 nitrogen and oxygen atoms in total. The topological polar surface area (TPSA) is 35.9 Å². The minimum atomic E-state index is -0.416. The summed E-state index contributed by atoms with van der Waals surface area (Å²) in [5, 5.41) is 2.42. The Hall–Kier alpha value is -7.50. The van der Waals surface area contributed by atoms with E-state index in [-0.39, 0.29) is 21.7 Å². The highest BCUT2D eigenvalue weighted by Gasteiger charge is 2.32. The summed E-state index contributed by atoms with van der Waals surface area (Å²) in [5.41, 5.74) is 13.8. The van der Waals surface area contributed by atoms with Crippen molar-refractivity contribution in [2.24, 2.45) is 0 Å². The van der Waals surface area contributed by atoms with E-state index in [0.29, 0.717) is 0 Å². The van der Waals surface area contributed by atoms with Crippen LogP contribution in [0.4, 0.5) is 0 Å². The zero-order valence-electron chi connectivity index (χ0n) is 45.1. The molecule has 0 aliphatic rings. The van der Waals surface area contributed by atoms with Crippen molar-refractivity contribution in [1.82, 2.24) is 14.1 Å². The Kier molecular flexibility index (Phi) is 12.2. The molecule has 0 saturated heterocycles. The number of hydrogen-bond donors (Lipinski definition) is 0. The van der Waals surface area contributed by atoms with Crippen molar-refractivity contribution >= 4 is 21.8 Å². The van der Waals surface area contributed by atoms with Crippen molar-refractivity contribution in [3.63, 3.8) is 0 Å². The Morgan fingerprint density at radius 3 is 1.71 bits per heavy atom. The van der Waals surface area contributed by atoms with E-state index < -0.39 is 5.41 Å². The number of nitrogens with zero attached hydrogens (tertiary/aromatic N) is 4. The van der Waals surface area contributed by atoms with E-state index in [2.05, 4.69) is 292 Å². The molecule has 368 valence electrons. The van der Waals surface area contributed by atoms with Gasteiger partial charge in [0.15, 0.2) is 0 Å². The number of para-hydroxylation sites is 1. The smallest absolute Gasteiger partial charge is 0.269 e. The molecule has 0 amide bonds. The van der Waals surface area contributed by atoms with Gasteiger partial charge in [-0.05, 0) is 115 Å². The van der Waals surface area contributed by atoms with Crippen molar-refractivity contribution < 1.29 is 9.30 Å². The van der Waals surface area contributed by atoms with Gasteiger partial charge in [-0.1, -0.05) is 205 Å². The second kappa shape index (κ2) is 18.2. The first-order valence-corrected chi connectivity index (χ1v) is 25.9. The summed E-state index contributed by atoms with van der Waals surface area (Å²) >= 11 is 0. The van der Waals surface area contributed by atoms with E-state index in [4.69, 9.17) is 9.72 Å². The van der Waals surface area contributed by atoms with Gasteiger partial charge >= 0.3 is 0 Å². The lowest BCUT2D eigenvalue weighted by molar-refractivity contribution is -0.611. The summed E-state index contributed by atoms with van der Waals surface area (Å²) in [7, 11) is 0. The van der Waals surface area contributed by atoms with Gasteiger partial charge in [0.1, 0.15) is 17.3 Å². The lowest BCUT2D eigenvalue weighted by atomic mass is 9.77. The molecule has 5 heteroatoms. The summed E-state index contributed by atoms with van der Waals surface area (Å²) in [6, 6.07) is 63.7. The van der Waals surface area contributed by atoms with Crippen molar-refractivity contribution in [3.8, 4) is 39.8 Å². The molecule has 0 aliphatic heterocycles. The Morgan fingerprint density at radius 1 is 0.466 bits per heavy atom. The monoisotopic (exact) mass is 959 g/mol. The van der Waals surface area contributed by atoms with Gasteiger partial charge in [-0.25, -0.2) is 4.98 Å². The fourth-order valence-corrected chi connectivity index (χ4v) is 10.4. The molecule has 73 heavy (non-hydrogen) atoms. The van der Waals surface area contributed by atoms with Gasteiger partial charge in [-0.15, -0.1) is 0 Å². The van der Waals surface area contributed by atoms with Crippen LogP contribution in [-0.2, 0) is 27.1 Å². The molecule has 0 atom stereocenters. The third kappa shape index (κ3) is 9.43. The van der Waals surface area contributed by atoms with Gasteiger partial charge in [0, 0.05) is 40.1 Å². The predicted octanol–water partition coefficient (Wildman–Crippen LogP) is 17.0. The lowest BCUT2D eigenvalue weighted by Gasteiger charge is -2.29. The van der Waals surface area contributed by atoms with Crippen LogP contribution in [-0.4, -0.2) is 14.1 Å². The first-order chi connectivity index (χ1) is 34.6. The Bertz CT molecular complexity index is 3630. The van der Waals surface area contributed by atoms with Crippen LogP contribution in [0.15, 0.2) is 188 Å². The number of benzene rings is 7. The van der Waals surface area contributed by atoms with Gasteiger partial charge in [-0.3, -0.25) is 13.7 Å². The predicted molar refractivity (Wildman–Crippen MR) is 303 cm³/mol. The Labute approximate surface area is 433 Å². The van der Waals surface area contributed by atoms with Crippen LogP contribution in [0.25, 0.3) is 50.1 Å². The molecule has 0 fully saturated rings. The van der Waals surface area contributed by atoms with Crippen LogP contribution < -0.4 is 9.30 Å². The molecule has 3 aromatic heterocycles. The molecule has 0 aliphatic carbocycles. The standard InChI is InChI=1S/C68H70N4O/c1-64(2,3)50-33-34-69-62(40-50)72-59-32-24-23-31-57(59)63-58(66(7,8)9)42-56(43-60(63)72)73-55-39-51(65(4,5)6)37-53(41-55)70-44-61(68(12,13)49-29-21-16-22-30-49)71(45-70)54-36-47(46-25-17-14-18-26-46)35-52(38-54)67(10,11)48-27-19-15-20-28-48/h14-44H,1-13H3. The third-order valence-corrected chi connectivity index (χ3v) is 15.0. The average Bonchev–Trinajstić information content (AvgIpc) is 3.97. The maximum absolute atomic E-state index is 7.24. The molecule has 0 unspecified atom stereocenters. The molecule has 0 bridgehead atoms. The number of hydrogen-bond acceptors (Lipinski definition) is 2. The van der Waals surface area contributed by atoms with E-state index in [1.54, 1.807) is 0 Å². The molecule has 0 N–H and O–H groups in total. The Morgan fingerprint density at radius 2 is 1.07 bits per heavy atom. The summed E-state index contributed by atoms with van der Waals surface area (Å²) in [6.45, 7) is 29.7. The Balaban J connectivity index is 1.17. The van der Waals surface area contributed by atoms with Crippen LogP contribution in [0.5, 0.6) is 11.5 Å². The average molecular weight is 959 g/mol. The zero-order chi connectivity index (χ0) is 51.7. The van der Waals surface area contributed by atoms with Crippen LogP contribution >= 0.6 is 0 Å². The molecular weight excluding hydrogens is 889 g/mol. The number of aromatic nitrogens is 4. The molecule has 3 heterocycles. The van der Waals surface area contributed by atoms with Crippen LogP contribution in [0.1, 0.15) is 129 Å². The largest absolute Gasteiger partial charge is 0.458 e. The van der Waals surface area contributed by atoms with E-state index in [1.807, 2.05) is 6.20 Å². The highest BCUT2D eigenvalue weighted by Crippen LogP contribution is 2.44. The summed E-state index contributed by atoms with van der Waals surface area (Å²) < 4.78 is 14.0. The van der Waals surface area contributed by atoms with Crippen LogP contribution in [0.3, 0.4) is 0 Å². The SMILES string of the molecule is CC(C)(C)c1cc(Oc2cc(C(C)(C)C)c3c4ccccc4n(-c4cc(C(C)(C)C)ccn4)c3c2)cc(-n2[c-][n+](-c3cc(-c4ccccc4)cc(C(C)(C)c4ccccc4)c3)c(C(C)(C)c3ccccc3)c2)c1. The quantitative estimate of drug-likeness (QED) is 0.101. The zero-order valence-corrected chi connectivity index (χ0v) is 45.1. The van der Waals surface area contributed by atoms with Gasteiger partial charge in [0.05, 0.1) is 28.1 Å². The second-order valence-corrected chi connectivity index (χ2v) is 24.1. The minimum absolute atomic E-state index is 0.0417. The number of pyridine rings is 1. The molecular formula is C68H70N4O. The van der Waals surface area contributed by atoms with Crippen LogP contribution in [0.2, 0.25) is 0 Å². The van der Waals surface area contributed by atoms with Gasteiger partial charge in [0.2, 0.25) is 0 Å². The highest BCUT2D eigenvalue weighted by atomic mass is 16.5. The van der Waals surface area contributed by atoms with E-state index in [1.165, 1.54) is 44.2 Å². The first kappa shape index (κ1) is 49.1. The normalized spacial score (nSPS) is 12.7. The van der Waals surface area contributed by atoms with Gasteiger partial charge in [0.25, 0.3) is 6.33 Å². The summed E-state index contributed by atoms with van der Waals surface area (Å²) in [4.78, 5) is 5.02. The third-order valence-electron chi connectivity index (χ3n) is 15.0. The molecule has 0 radical (unpaired) electrons. The highest BCUT2D eigenvalue weighted by molar-refractivity contribution is 6.11. The lowest BCUT2D eigenvalue weighted by Crippen LogP contribution is -2.41. The molecule has 10 rings (SSSR count). The van der Waals surface area contributed by atoms with Gasteiger partial charge in [-0.2, -0.15) is 0 Å². The molecule has 0 saturated carbocycles. The maximum Gasteiger partial charge on any atom is 0.269 e. The number of fused-ring (bicyclic) bond motifs is 3. The van der Waals surface area contributed by atoms with E-state index in [0.717, 1.165) is 56.5 Å². The number of imidazole rings is 1. The van der Waals surface area contributed by atoms with E-state index in [9.17, 15) is 0 Å². The van der Waals surface area contributed by atoms with Crippen LogP contribution in [0, 0.1) is 6.33 Å². The fraction of sp³-hybridized carbons (Fsp3) is 0.265. The summed E-state index contributed by atoms with van der Waals surface area (Å²) in [5.74, 6) is 2.42. The first-order valence-electron chi connectivity index (χ1n) is 25.9. The van der Waals surface area contributed by atoms with E-state index >= 15 is 0 Å². The summed E-state index contributed by atoms with van der Waals surface area (Å²) in [6.07, 6.45) is 8.15. The van der Waals surface area contributed by atoms with Crippen molar-refractivity contribution in [2.45, 2.75) is 117 Å². The maximum atomic E-state index is 7.24.